The summed E-state index contributed by atoms with van der Waals surface area (Å²) in [4.78, 5) is 26.6. The van der Waals surface area contributed by atoms with Crippen LogP contribution in [0.1, 0.15) is 18.1 Å². The zero-order valence-corrected chi connectivity index (χ0v) is 15.2. The molecule has 6 heteroatoms. The molecule has 2 aromatic carbocycles. The third-order valence-corrected chi connectivity index (χ3v) is 4.40. The third kappa shape index (κ3) is 5.08. The molecule has 0 saturated carbocycles. The number of hydrogen-bond donors (Lipinski definition) is 0. The fraction of sp³-hybridized carbons (Fsp3) is 0.333. The number of benzene rings is 2. The molecule has 2 aromatic rings. The van der Waals surface area contributed by atoms with Crippen molar-refractivity contribution in [3.63, 3.8) is 0 Å². The predicted octanol–water partition coefficient (Wildman–Crippen LogP) is 3.16. The molecule has 0 aromatic heterocycles. The van der Waals surface area contributed by atoms with Crippen molar-refractivity contribution in [2.45, 2.75) is 32.3 Å². The van der Waals surface area contributed by atoms with Crippen molar-refractivity contribution < 1.29 is 23.8 Å². The molecule has 1 heterocycles. The van der Waals surface area contributed by atoms with E-state index >= 15 is 0 Å². The lowest BCUT2D eigenvalue weighted by Gasteiger charge is -2.37. The van der Waals surface area contributed by atoms with Gasteiger partial charge in [0.25, 0.3) is 0 Å². The number of rotatable bonds is 5. The number of esters is 1. The van der Waals surface area contributed by atoms with E-state index in [-0.39, 0.29) is 19.8 Å². The van der Waals surface area contributed by atoms with Gasteiger partial charge in [-0.25, -0.2) is 9.59 Å². The summed E-state index contributed by atoms with van der Waals surface area (Å²) in [5.74, 6) is -0.497. The maximum Gasteiger partial charge on any atom is 0.411 e. The minimum absolute atomic E-state index is 0.149. The van der Waals surface area contributed by atoms with E-state index in [1.54, 1.807) is 6.92 Å². The van der Waals surface area contributed by atoms with Crippen molar-refractivity contribution in [2.24, 2.45) is 0 Å². The van der Waals surface area contributed by atoms with Crippen LogP contribution in [0.2, 0.25) is 0 Å². The lowest BCUT2D eigenvalue weighted by Crippen LogP contribution is -2.57. The maximum absolute atomic E-state index is 12.6. The number of ether oxygens (including phenoxy) is 3. The molecule has 0 radical (unpaired) electrons. The SMILES string of the molecule is CC1OCCN(C(=O)OCc2ccccc2)[C@@H]1C(=O)OCc1ccccc1. The van der Waals surface area contributed by atoms with Gasteiger partial charge in [0.1, 0.15) is 13.2 Å². The van der Waals surface area contributed by atoms with Crippen LogP contribution in [-0.2, 0) is 32.2 Å². The van der Waals surface area contributed by atoms with Crippen molar-refractivity contribution in [1.82, 2.24) is 4.90 Å². The van der Waals surface area contributed by atoms with Crippen LogP contribution in [0.4, 0.5) is 4.79 Å². The summed E-state index contributed by atoms with van der Waals surface area (Å²) in [7, 11) is 0. The average molecular weight is 369 g/mol. The van der Waals surface area contributed by atoms with Gasteiger partial charge in [-0.2, -0.15) is 0 Å². The monoisotopic (exact) mass is 369 g/mol. The molecular formula is C21H23NO5. The summed E-state index contributed by atoms with van der Waals surface area (Å²) in [6, 6.07) is 18.0. The minimum atomic E-state index is -0.828. The molecule has 27 heavy (non-hydrogen) atoms. The lowest BCUT2D eigenvalue weighted by atomic mass is 10.1. The first-order valence-corrected chi connectivity index (χ1v) is 8.94. The normalized spacial score (nSPS) is 19.4. The number of amides is 1. The molecule has 1 aliphatic heterocycles. The van der Waals surface area contributed by atoms with E-state index in [4.69, 9.17) is 14.2 Å². The van der Waals surface area contributed by atoms with Gasteiger partial charge >= 0.3 is 12.1 Å². The molecule has 142 valence electrons. The van der Waals surface area contributed by atoms with Crippen molar-refractivity contribution in [3.05, 3.63) is 71.8 Å². The van der Waals surface area contributed by atoms with Gasteiger partial charge in [-0.3, -0.25) is 4.90 Å². The van der Waals surface area contributed by atoms with Gasteiger partial charge in [-0.05, 0) is 18.1 Å². The second kappa shape index (κ2) is 9.19. The van der Waals surface area contributed by atoms with Crippen LogP contribution in [0.3, 0.4) is 0 Å². The van der Waals surface area contributed by atoms with E-state index in [0.29, 0.717) is 6.61 Å². The van der Waals surface area contributed by atoms with E-state index < -0.39 is 24.2 Å². The minimum Gasteiger partial charge on any atom is -0.459 e. The highest BCUT2D eigenvalue weighted by molar-refractivity contribution is 5.82. The number of morpholine rings is 1. The summed E-state index contributed by atoms with van der Waals surface area (Å²) in [6.45, 7) is 2.69. The highest BCUT2D eigenvalue weighted by Gasteiger charge is 2.40. The predicted molar refractivity (Wildman–Crippen MR) is 98.8 cm³/mol. The molecule has 3 rings (SSSR count). The molecule has 1 unspecified atom stereocenters. The van der Waals surface area contributed by atoms with Gasteiger partial charge in [0.05, 0.1) is 12.7 Å². The van der Waals surface area contributed by atoms with Crippen molar-refractivity contribution in [3.8, 4) is 0 Å². The van der Waals surface area contributed by atoms with Gasteiger partial charge in [0.15, 0.2) is 6.04 Å². The van der Waals surface area contributed by atoms with Gasteiger partial charge in [-0.15, -0.1) is 0 Å². The number of hydrogen-bond acceptors (Lipinski definition) is 5. The third-order valence-electron chi connectivity index (χ3n) is 4.40. The second-order valence-corrected chi connectivity index (χ2v) is 6.35. The summed E-state index contributed by atoms with van der Waals surface area (Å²) >= 11 is 0. The fourth-order valence-electron chi connectivity index (χ4n) is 2.96. The Hall–Kier alpha value is -2.86. The van der Waals surface area contributed by atoms with Crippen LogP contribution >= 0.6 is 0 Å². The maximum atomic E-state index is 12.6. The van der Waals surface area contributed by atoms with E-state index in [9.17, 15) is 9.59 Å². The second-order valence-electron chi connectivity index (χ2n) is 6.35. The Bertz CT molecular complexity index is 750. The van der Waals surface area contributed by atoms with Crippen LogP contribution in [0, 0.1) is 0 Å². The fourth-order valence-corrected chi connectivity index (χ4v) is 2.96. The highest BCUT2D eigenvalue weighted by atomic mass is 16.6. The Morgan fingerprint density at radius 2 is 1.52 bits per heavy atom. The molecule has 1 aliphatic rings. The van der Waals surface area contributed by atoms with E-state index in [1.807, 2.05) is 60.7 Å². The van der Waals surface area contributed by atoms with Crippen LogP contribution in [0.15, 0.2) is 60.7 Å². The van der Waals surface area contributed by atoms with Gasteiger partial charge in [-0.1, -0.05) is 60.7 Å². The molecule has 0 spiro atoms. The molecule has 0 aliphatic carbocycles. The summed E-state index contributed by atoms with van der Waals surface area (Å²) in [5.41, 5.74) is 1.77. The van der Waals surface area contributed by atoms with E-state index in [1.165, 1.54) is 4.90 Å². The zero-order valence-electron chi connectivity index (χ0n) is 15.2. The smallest absolute Gasteiger partial charge is 0.411 e. The highest BCUT2D eigenvalue weighted by Crippen LogP contribution is 2.18. The van der Waals surface area contributed by atoms with E-state index in [0.717, 1.165) is 11.1 Å². The number of nitrogens with zero attached hydrogens (tertiary/aromatic N) is 1. The quantitative estimate of drug-likeness (QED) is 0.758. The molecule has 1 fully saturated rings. The zero-order chi connectivity index (χ0) is 19.1. The van der Waals surface area contributed by atoms with Gasteiger partial charge < -0.3 is 14.2 Å². The first kappa shape index (κ1) is 18.9. The molecule has 0 bridgehead atoms. The van der Waals surface area contributed by atoms with Crippen molar-refractivity contribution in [1.29, 1.82) is 0 Å². The number of carbonyl (C=O) groups excluding carboxylic acids is 2. The van der Waals surface area contributed by atoms with Crippen LogP contribution < -0.4 is 0 Å². The van der Waals surface area contributed by atoms with Gasteiger partial charge in [0.2, 0.25) is 0 Å². The molecule has 2 atom stereocenters. The molecule has 6 nitrogen and oxygen atoms in total. The lowest BCUT2D eigenvalue weighted by molar-refractivity contribution is -0.161. The first-order chi connectivity index (χ1) is 13.1. The average Bonchev–Trinajstić information content (AvgIpc) is 2.71. The Labute approximate surface area is 158 Å². The standard InChI is InChI=1S/C21H23NO5/c1-16-19(20(23)26-14-17-8-4-2-5-9-17)22(12-13-25-16)21(24)27-15-18-10-6-3-7-11-18/h2-11,16,19H,12-15H2,1H3/t16?,19-/m0/s1. The van der Waals surface area contributed by atoms with Crippen LogP contribution in [0.25, 0.3) is 0 Å². The first-order valence-electron chi connectivity index (χ1n) is 8.94. The molecule has 1 amide bonds. The Morgan fingerprint density at radius 3 is 2.11 bits per heavy atom. The summed E-state index contributed by atoms with van der Waals surface area (Å²) in [6.07, 6.45) is -1.01. The molecule has 0 N–H and O–H groups in total. The Morgan fingerprint density at radius 1 is 0.963 bits per heavy atom. The number of carbonyl (C=O) groups is 2. The van der Waals surface area contributed by atoms with Crippen molar-refractivity contribution in [2.75, 3.05) is 13.2 Å². The molecule has 1 saturated heterocycles. The van der Waals surface area contributed by atoms with Crippen LogP contribution in [0.5, 0.6) is 0 Å². The largest absolute Gasteiger partial charge is 0.459 e. The summed E-state index contributed by atoms with van der Waals surface area (Å²) in [5, 5.41) is 0. The van der Waals surface area contributed by atoms with E-state index in [2.05, 4.69) is 0 Å². The Kier molecular flexibility index (Phi) is 6.44. The Balaban J connectivity index is 1.61. The van der Waals surface area contributed by atoms with Crippen molar-refractivity contribution >= 4 is 12.1 Å². The van der Waals surface area contributed by atoms with Gasteiger partial charge in [0, 0.05) is 6.54 Å². The van der Waals surface area contributed by atoms with Crippen LogP contribution in [-0.4, -0.2) is 42.3 Å². The topological polar surface area (TPSA) is 65.1 Å². The molecular weight excluding hydrogens is 346 g/mol. The summed E-state index contributed by atoms with van der Waals surface area (Å²) < 4.78 is 16.4.